The van der Waals surface area contributed by atoms with Crippen LogP contribution in [0.15, 0.2) is 60.9 Å². The molecule has 4 aromatic rings. The number of aromatic amines is 2. The van der Waals surface area contributed by atoms with Crippen molar-refractivity contribution in [2.24, 2.45) is 11.8 Å². The SMILES string of the molecule is O=C(O)N[C@@H]1CC[C@H](C(=O)N2CCCC2c2ncc(-c3ccc(-c4ccc(-c5cnc(C6CCCN6C(=O)[C@H]6CC[C@@H](NC(=O)O)C6)[nH]5)cc4)cc3)[nH]2)C1. The van der Waals surface area contributed by atoms with Crippen molar-refractivity contribution in [2.45, 2.75) is 88.4 Å². The second-order valence-electron chi connectivity index (χ2n) is 15.2. The number of carbonyl (C=O) groups excluding carboxylic acids is 2. The molecule has 2 aromatic heterocycles. The summed E-state index contributed by atoms with van der Waals surface area (Å²) in [5, 5.41) is 23.2. The number of nitrogens with zero attached hydrogens (tertiary/aromatic N) is 4. The molecule has 6 atom stereocenters. The van der Waals surface area contributed by atoms with Crippen LogP contribution in [0.5, 0.6) is 0 Å². The Bertz CT molecular complexity index is 1860. The number of amides is 4. The summed E-state index contributed by atoms with van der Waals surface area (Å²) in [5.41, 5.74) is 5.91. The Kier molecular flexibility index (Phi) is 9.82. The smallest absolute Gasteiger partial charge is 0.404 e. The van der Waals surface area contributed by atoms with Gasteiger partial charge in [-0.1, -0.05) is 48.5 Å². The summed E-state index contributed by atoms with van der Waals surface area (Å²) >= 11 is 0. The highest BCUT2D eigenvalue weighted by Gasteiger charge is 2.40. The minimum atomic E-state index is -1.04. The summed E-state index contributed by atoms with van der Waals surface area (Å²) < 4.78 is 0. The van der Waals surface area contributed by atoms with E-state index in [4.69, 9.17) is 10.2 Å². The molecule has 2 unspecified atom stereocenters. The molecule has 4 fully saturated rings. The van der Waals surface area contributed by atoms with Crippen molar-refractivity contribution >= 4 is 24.0 Å². The van der Waals surface area contributed by atoms with E-state index in [2.05, 4.69) is 79.1 Å². The van der Waals surface area contributed by atoms with Crippen LogP contribution in [0.1, 0.15) is 87.9 Å². The van der Waals surface area contributed by atoms with Crippen LogP contribution in [0.25, 0.3) is 33.6 Å². The summed E-state index contributed by atoms with van der Waals surface area (Å²) in [6, 6.07) is 16.0. The maximum Gasteiger partial charge on any atom is 0.404 e. The highest BCUT2D eigenvalue weighted by atomic mass is 16.4. The first-order chi connectivity index (χ1) is 26.2. The number of carbonyl (C=O) groups is 4. The van der Waals surface area contributed by atoms with E-state index in [9.17, 15) is 19.2 Å². The van der Waals surface area contributed by atoms with E-state index in [0.29, 0.717) is 51.6 Å². The quantitative estimate of drug-likeness (QED) is 0.115. The summed E-state index contributed by atoms with van der Waals surface area (Å²) in [6.45, 7) is 1.36. The second kappa shape index (κ2) is 15.0. The molecule has 2 aliphatic carbocycles. The van der Waals surface area contributed by atoms with Gasteiger partial charge in [0.25, 0.3) is 0 Å². The zero-order valence-corrected chi connectivity index (χ0v) is 30.0. The van der Waals surface area contributed by atoms with E-state index in [1.807, 2.05) is 22.2 Å². The van der Waals surface area contributed by atoms with Gasteiger partial charge in [-0.25, -0.2) is 19.6 Å². The third-order valence-electron chi connectivity index (χ3n) is 11.8. The van der Waals surface area contributed by atoms with Crippen molar-refractivity contribution in [3.8, 4) is 33.6 Å². The molecule has 4 amide bonds. The molecular formula is C40H46N8O6. The number of hydrogen-bond donors (Lipinski definition) is 6. The van der Waals surface area contributed by atoms with Gasteiger partial charge >= 0.3 is 12.2 Å². The van der Waals surface area contributed by atoms with E-state index in [1.54, 1.807) is 0 Å². The number of benzene rings is 2. The van der Waals surface area contributed by atoms with E-state index in [0.717, 1.165) is 71.0 Å². The molecule has 8 rings (SSSR count). The predicted octanol–water partition coefficient (Wildman–Crippen LogP) is 6.33. The number of hydrogen-bond acceptors (Lipinski definition) is 6. The Morgan fingerprint density at radius 3 is 1.35 bits per heavy atom. The second-order valence-corrected chi connectivity index (χ2v) is 15.2. The van der Waals surface area contributed by atoms with Gasteiger partial charge in [0.15, 0.2) is 0 Å². The van der Waals surface area contributed by atoms with Gasteiger partial charge < -0.3 is 40.6 Å². The van der Waals surface area contributed by atoms with Crippen LogP contribution in [-0.2, 0) is 9.59 Å². The van der Waals surface area contributed by atoms with Gasteiger partial charge in [-0.05, 0) is 86.5 Å². The maximum atomic E-state index is 13.5. The Morgan fingerprint density at radius 1 is 0.574 bits per heavy atom. The lowest BCUT2D eigenvalue weighted by Gasteiger charge is -2.26. The summed E-state index contributed by atoms with van der Waals surface area (Å²) in [5.74, 6) is 1.40. The fourth-order valence-corrected chi connectivity index (χ4v) is 9.11. The Labute approximate surface area is 312 Å². The van der Waals surface area contributed by atoms with Crippen LogP contribution in [0.2, 0.25) is 0 Å². The monoisotopic (exact) mass is 734 g/mol. The molecule has 14 heteroatoms. The first kappa shape index (κ1) is 35.4. The van der Waals surface area contributed by atoms with Crippen molar-refractivity contribution in [1.29, 1.82) is 0 Å². The molecule has 6 N–H and O–H groups in total. The van der Waals surface area contributed by atoms with Gasteiger partial charge in [0.2, 0.25) is 11.8 Å². The molecule has 2 aromatic carbocycles. The molecule has 282 valence electrons. The number of nitrogens with one attached hydrogen (secondary N) is 4. The number of likely N-dealkylation sites (tertiary alicyclic amines) is 2. The Balaban J connectivity index is 0.886. The molecule has 0 bridgehead atoms. The summed E-state index contributed by atoms with van der Waals surface area (Å²) in [6.07, 6.45) is 8.89. The van der Waals surface area contributed by atoms with E-state index >= 15 is 0 Å². The summed E-state index contributed by atoms with van der Waals surface area (Å²) in [7, 11) is 0. The first-order valence-corrected chi connectivity index (χ1v) is 19.1. The van der Waals surface area contributed by atoms with Crippen molar-refractivity contribution < 1.29 is 29.4 Å². The van der Waals surface area contributed by atoms with Crippen LogP contribution in [0, 0.1) is 11.8 Å². The highest BCUT2D eigenvalue weighted by molar-refractivity contribution is 5.81. The fraction of sp³-hybridized carbons (Fsp3) is 0.450. The minimum absolute atomic E-state index is 0.0910. The molecule has 14 nitrogen and oxygen atoms in total. The molecule has 4 aliphatic rings. The Morgan fingerprint density at radius 2 is 0.963 bits per heavy atom. The number of H-pyrrole nitrogens is 2. The third-order valence-corrected chi connectivity index (χ3v) is 11.8. The lowest BCUT2D eigenvalue weighted by atomic mass is 10.0. The van der Waals surface area contributed by atoms with Crippen molar-refractivity contribution in [3.63, 3.8) is 0 Å². The molecule has 4 heterocycles. The molecule has 54 heavy (non-hydrogen) atoms. The van der Waals surface area contributed by atoms with Gasteiger partial charge in [-0.15, -0.1) is 0 Å². The number of imidazole rings is 2. The van der Waals surface area contributed by atoms with Crippen LogP contribution in [0.3, 0.4) is 0 Å². The fourth-order valence-electron chi connectivity index (χ4n) is 9.11. The molecule has 2 saturated heterocycles. The molecule has 2 aliphatic heterocycles. The molecule has 2 saturated carbocycles. The van der Waals surface area contributed by atoms with Gasteiger partial charge in [0.05, 0.1) is 35.9 Å². The molecule has 0 radical (unpaired) electrons. The van der Waals surface area contributed by atoms with E-state index in [-0.39, 0.29) is 47.8 Å². The van der Waals surface area contributed by atoms with Crippen LogP contribution in [0.4, 0.5) is 9.59 Å². The van der Waals surface area contributed by atoms with Crippen LogP contribution >= 0.6 is 0 Å². The number of carboxylic acid groups (broad SMARTS) is 2. The zero-order chi connectivity index (χ0) is 37.3. The van der Waals surface area contributed by atoms with Gasteiger partial charge in [0.1, 0.15) is 11.6 Å². The van der Waals surface area contributed by atoms with Gasteiger partial charge in [0, 0.05) is 37.0 Å². The van der Waals surface area contributed by atoms with Crippen LogP contribution in [-0.4, -0.2) is 89.1 Å². The zero-order valence-electron chi connectivity index (χ0n) is 30.0. The molecule has 0 spiro atoms. The normalized spacial score (nSPS) is 25.3. The summed E-state index contributed by atoms with van der Waals surface area (Å²) in [4.78, 5) is 69.2. The van der Waals surface area contributed by atoms with Crippen molar-refractivity contribution in [3.05, 3.63) is 72.6 Å². The highest BCUT2D eigenvalue weighted by Crippen LogP contribution is 2.38. The topological polar surface area (TPSA) is 197 Å². The Hall–Kier alpha value is -5.66. The van der Waals surface area contributed by atoms with E-state index in [1.165, 1.54) is 0 Å². The van der Waals surface area contributed by atoms with Gasteiger partial charge in [-0.2, -0.15) is 0 Å². The largest absolute Gasteiger partial charge is 0.465 e. The standard InChI is InChI=1S/C40H46N8O6/c49-37(27-13-15-29(19-27)43-39(51)52)47-17-1-3-33(47)35-41-21-31(45-35)25-9-5-23(6-10-25)24-7-11-26(12-8-24)32-22-42-36(46-32)34-4-2-18-48(34)38(50)28-14-16-30(20-28)44-40(53)54/h5-12,21-22,27-30,33-34,43-44H,1-4,13-20H2,(H,41,45)(H,42,46)(H,51,52)(H,53,54)/t27-,28-,29+,30+,33?,34?/m0/s1. The minimum Gasteiger partial charge on any atom is -0.465 e. The van der Waals surface area contributed by atoms with E-state index < -0.39 is 12.2 Å². The van der Waals surface area contributed by atoms with Gasteiger partial charge in [-0.3, -0.25) is 9.59 Å². The first-order valence-electron chi connectivity index (χ1n) is 19.1. The average molecular weight is 735 g/mol. The van der Waals surface area contributed by atoms with Crippen molar-refractivity contribution in [2.75, 3.05) is 13.1 Å². The van der Waals surface area contributed by atoms with Crippen LogP contribution < -0.4 is 10.6 Å². The number of rotatable bonds is 9. The lowest BCUT2D eigenvalue weighted by molar-refractivity contribution is -0.137. The third kappa shape index (κ3) is 7.29. The number of aromatic nitrogens is 4. The maximum absolute atomic E-state index is 13.5. The van der Waals surface area contributed by atoms with Crippen molar-refractivity contribution in [1.82, 2.24) is 40.4 Å². The molecular weight excluding hydrogens is 688 g/mol. The average Bonchev–Trinajstić information content (AvgIpc) is 4.01. The predicted molar refractivity (Wildman–Crippen MR) is 199 cm³/mol. The lowest BCUT2D eigenvalue weighted by Crippen LogP contribution is -2.37.